The van der Waals surface area contributed by atoms with Crippen LogP contribution in [0.25, 0.3) is 0 Å². The Morgan fingerprint density at radius 2 is 2.14 bits per heavy atom. The molecule has 0 unspecified atom stereocenters. The first-order valence-electron chi connectivity index (χ1n) is 6.42. The highest BCUT2D eigenvalue weighted by atomic mass is 32.2. The standard InChI is InChI=1S/C11H18N6O3S/c1-7(2)12-4-9-8(3)15-16-11(9)21(18,19)14-5-10-13-6-20-17-10/h6-7,12,14H,4-5H2,1-3H3,(H,15,16). The van der Waals surface area contributed by atoms with Gasteiger partial charge in [-0.1, -0.05) is 19.0 Å². The van der Waals surface area contributed by atoms with Crippen molar-refractivity contribution in [2.24, 2.45) is 0 Å². The normalized spacial score (nSPS) is 12.2. The van der Waals surface area contributed by atoms with E-state index in [1.54, 1.807) is 6.92 Å². The van der Waals surface area contributed by atoms with Gasteiger partial charge in [0.05, 0.1) is 6.54 Å². The van der Waals surface area contributed by atoms with Crippen molar-refractivity contribution in [3.63, 3.8) is 0 Å². The Hall–Kier alpha value is -1.78. The minimum Gasteiger partial charge on any atom is -0.343 e. The molecule has 0 bridgehead atoms. The van der Waals surface area contributed by atoms with Gasteiger partial charge in [0, 0.05) is 23.8 Å². The number of rotatable bonds is 7. The van der Waals surface area contributed by atoms with Gasteiger partial charge < -0.3 is 9.84 Å². The molecular formula is C11H18N6O3S. The number of hydrogen-bond acceptors (Lipinski definition) is 7. The maximum absolute atomic E-state index is 12.3. The second-order valence-corrected chi connectivity index (χ2v) is 6.52. The van der Waals surface area contributed by atoms with E-state index in [-0.39, 0.29) is 23.4 Å². The lowest BCUT2D eigenvalue weighted by molar-refractivity contribution is 0.409. The molecule has 0 amide bonds. The van der Waals surface area contributed by atoms with Crippen LogP contribution in [0.4, 0.5) is 0 Å². The summed E-state index contributed by atoms with van der Waals surface area (Å²) in [5.41, 5.74) is 1.33. The molecule has 2 rings (SSSR count). The first-order chi connectivity index (χ1) is 9.90. The summed E-state index contributed by atoms with van der Waals surface area (Å²) in [6.45, 7) is 6.11. The fourth-order valence-corrected chi connectivity index (χ4v) is 2.84. The molecule has 3 N–H and O–H groups in total. The van der Waals surface area contributed by atoms with Crippen LogP contribution in [0.2, 0.25) is 0 Å². The maximum atomic E-state index is 12.3. The number of sulfonamides is 1. The molecular weight excluding hydrogens is 296 g/mol. The van der Waals surface area contributed by atoms with E-state index < -0.39 is 10.0 Å². The SMILES string of the molecule is Cc1[nH]nc(S(=O)(=O)NCc2ncon2)c1CNC(C)C. The van der Waals surface area contributed by atoms with Crippen molar-refractivity contribution in [3.8, 4) is 0 Å². The Morgan fingerprint density at radius 1 is 1.38 bits per heavy atom. The Bertz CT molecular complexity index is 677. The van der Waals surface area contributed by atoms with E-state index >= 15 is 0 Å². The lowest BCUT2D eigenvalue weighted by atomic mass is 10.2. The van der Waals surface area contributed by atoms with Gasteiger partial charge in [0.1, 0.15) is 0 Å². The molecule has 0 aromatic carbocycles. The van der Waals surface area contributed by atoms with E-state index in [2.05, 4.69) is 34.9 Å². The number of hydrogen-bond donors (Lipinski definition) is 3. The van der Waals surface area contributed by atoms with Crippen molar-refractivity contribution in [1.82, 2.24) is 30.4 Å². The van der Waals surface area contributed by atoms with Crippen molar-refractivity contribution in [1.29, 1.82) is 0 Å². The van der Waals surface area contributed by atoms with Gasteiger partial charge >= 0.3 is 0 Å². The number of aryl methyl sites for hydroxylation is 1. The molecule has 0 aliphatic rings. The van der Waals surface area contributed by atoms with E-state index in [1.165, 1.54) is 0 Å². The third kappa shape index (κ3) is 3.86. The van der Waals surface area contributed by atoms with Gasteiger partial charge in [-0.05, 0) is 6.92 Å². The van der Waals surface area contributed by atoms with Crippen molar-refractivity contribution in [3.05, 3.63) is 23.5 Å². The predicted octanol–water partition coefficient (Wildman–Crippen LogP) is 0.0776. The molecule has 0 atom stereocenters. The van der Waals surface area contributed by atoms with Gasteiger partial charge in [-0.3, -0.25) is 5.10 Å². The third-order valence-corrected chi connectivity index (χ3v) is 4.18. The van der Waals surface area contributed by atoms with E-state index in [0.29, 0.717) is 17.8 Å². The van der Waals surface area contributed by atoms with E-state index in [1.807, 2.05) is 13.8 Å². The van der Waals surface area contributed by atoms with Gasteiger partial charge in [-0.2, -0.15) is 10.1 Å². The van der Waals surface area contributed by atoms with Crippen molar-refractivity contribution >= 4 is 10.0 Å². The zero-order chi connectivity index (χ0) is 15.5. The van der Waals surface area contributed by atoms with Gasteiger partial charge in [-0.25, -0.2) is 13.1 Å². The van der Waals surface area contributed by atoms with Crippen molar-refractivity contribution in [2.75, 3.05) is 0 Å². The Morgan fingerprint density at radius 3 is 2.76 bits per heavy atom. The predicted molar refractivity (Wildman–Crippen MR) is 73.6 cm³/mol. The molecule has 2 aromatic heterocycles. The van der Waals surface area contributed by atoms with Crippen molar-refractivity contribution < 1.29 is 12.9 Å². The number of aromatic nitrogens is 4. The molecule has 2 heterocycles. The number of aromatic amines is 1. The topological polar surface area (TPSA) is 126 Å². The lowest BCUT2D eigenvalue weighted by Gasteiger charge is -2.09. The highest BCUT2D eigenvalue weighted by Crippen LogP contribution is 2.16. The zero-order valence-electron chi connectivity index (χ0n) is 12.0. The van der Waals surface area contributed by atoms with E-state index in [9.17, 15) is 8.42 Å². The summed E-state index contributed by atoms with van der Waals surface area (Å²) < 4.78 is 31.5. The van der Waals surface area contributed by atoms with Crippen LogP contribution in [-0.4, -0.2) is 34.8 Å². The second kappa shape index (κ2) is 6.33. The fraction of sp³-hybridized carbons (Fsp3) is 0.545. The first-order valence-corrected chi connectivity index (χ1v) is 7.90. The molecule has 10 heteroatoms. The molecule has 0 aliphatic heterocycles. The van der Waals surface area contributed by atoms with Gasteiger partial charge in [-0.15, -0.1) is 0 Å². The van der Waals surface area contributed by atoms with Crippen LogP contribution < -0.4 is 10.0 Å². The monoisotopic (exact) mass is 314 g/mol. The van der Waals surface area contributed by atoms with Crippen LogP contribution in [-0.2, 0) is 23.1 Å². The zero-order valence-corrected chi connectivity index (χ0v) is 12.9. The minimum absolute atomic E-state index is 0.0170. The van der Waals surface area contributed by atoms with Gasteiger partial charge in [0.25, 0.3) is 10.0 Å². The summed E-state index contributed by atoms with van der Waals surface area (Å²) in [7, 11) is -3.75. The number of nitrogens with one attached hydrogen (secondary N) is 3. The smallest absolute Gasteiger partial charge is 0.260 e. The summed E-state index contributed by atoms with van der Waals surface area (Å²) in [4.78, 5) is 3.75. The van der Waals surface area contributed by atoms with Crippen molar-refractivity contribution in [2.45, 2.75) is 44.9 Å². The molecule has 21 heavy (non-hydrogen) atoms. The molecule has 0 aliphatic carbocycles. The molecule has 0 saturated heterocycles. The van der Waals surface area contributed by atoms with Crippen LogP contribution in [0.5, 0.6) is 0 Å². The molecule has 0 fully saturated rings. The van der Waals surface area contributed by atoms with E-state index in [0.717, 1.165) is 6.39 Å². The quantitative estimate of drug-likeness (QED) is 0.660. The molecule has 2 aromatic rings. The fourth-order valence-electron chi connectivity index (χ4n) is 1.66. The summed E-state index contributed by atoms with van der Waals surface area (Å²) in [5, 5.41) is 13.3. The highest BCUT2D eigenvalue weighted by molar-refractivity contribution is 7.89. The number of H-pyrrole nitrogens is 1. The largest absolute Gasteiger partial charge is 0.343 e. The van der Waals surface area contributed by atoms with Gasteiger partial charge in [0.2, 0.25) is 6.39 Å². The highest BCUT2D eigenvalue weighted by Gasteiger charge is 2.24. The Kier molecular flexibility index (Phi) is 4.70. The molecule has 0 radical (unpaired) electrons. The second-order valence-electron chi connectivity index (χ2n) is 4.84. The molecule has 0 spiro atoms. The van der Waals surface area contributed by atoms with Crippen LogP contribution >= 0.6 is 0 Å². The van der Waals surface area contributed by atoms with Crippen LogP contribution in [0.15, 0.2) is 15.9 Å². The average molecular weight is 314 g/mol. The Balaban J connectivity index is 2.15. The summed E-state index contributed by atoms with van der Waals surface area (Å²) in [6.07, 6.45) is 1.14. The van der Waals surface area contributed by atoms with Crippen LogP contribution in [0.3, 0.4) is 0 Å². The molecule has 116 valence electrons. The van der Waals surface area contributed by atoms with Gasteiger partial charge in [0.15, 0.2) is 10.9 Å². The minimum atomic E-state index is -3.75. The Labute approximate surface area is 122 Å². The summed E-state index contributed by atoms with van der Waals surface area (Å²) in [5.74, 6) is 0.257. The third-order valence-electron chi connectivity index (χ3n) is 2.80. The van der Waals surface area contributed by atoms with Crippen LogP contribution in [0, 0.1) is 6.92 Å². The lowest BCUT2D eigenvalue weighted by Crippen LogP contribution is -2.27. The number of nitrogens with zero attached hydrogens (tertiary/aromatic N) is 3. The first kappa shape index (κ1) is 15.6. The van der Waals surface area contributed by atoms with Crippen LogP contribution in [0.1, 0.15) is 30.9 Å². The summed E-state index contributed by atoms with van der Waals surface area (Å²) in [6, 6.07) is 0.238. The maximum Gasteiger partial charge on any atom is 0.260 e. The van der Waals surface area contributed by atoms with E-state index in [4.69, 9.17) is 0 Å². The molecule has 0 saturated carbocycles. The average Bonchev–Trinajstić information content (AvgIpc) is 3.03. The molecule has 9 nitrogen and oxygen atoms in total. The summed E-state index contributed by atoms with van der Waals surface area (Å²) >= 11 is 0.